The summed E-state index contributed by atoms with van der Waals surface area (Å²) in [4.78, 5) is 17.3. The van der Waals surface area contributed by atoms with E-state index >= 15 is 0 Å². The first-order valence-corrected chi connectivity index (χ1v) is 14.9. The van der Waals surface area contributed by atoms with Crippen molar-refractivity contribution in [1.29, 1.82) is 0 Å². The summed E-state index contributed by atoms with van der Waals surface area (Å²) in [6, 6.07) is 21.5. The van der Waals surface area contributed by atoms with E-state index in [2.05, 4.69) is 84.4 Å². The third kappa shape index (κ3) is 5.59. The Kier molecular flexibility index (Phi) is 8.75. The number of nitrogens with zero attached hydrogens (tertiary/aromatic N) is 5. The van der Waals surface area contributed by atoms with E-state index < -0.39 is 0 Å². The van der Waals surface area contributed by atoms with Gasteiger partial charge < -0.3 is 10.6 Å². The summed E-state index contributed by atoms with van der Waals surface area (Å²) in [5.41, 5.74) is 12.2. The predicted molar refractivity (Wildman–Crippen MR) is 167 cm³/mol. The van der Waals surface area contributed by atoms with E-state index in [-0.39, 0.29) is 0 Å². The van der Waals surface area contributed by atoms with Crippen LogP contribution in [0.15, 0.2) is 73.1 Å². The molecular formula is C34H42N6. The van der Waals surface area contributed by atoms with Crippen LogP contribution < -0.4 is 5.73 Å². The van der Waals surface area contributed by atoms with Gasteiger partial charge in [0.25, 0.3) is 0 Å². The van der Waals surface area contributed by atoms with Crippen molar-refractivity contribution in [3.8, 4) is 22.5 Å². The Morgan fingerprint density at radius 3 is 2.27 bits per heavy atom. The van der Waals surface area contributed by atoms with E-state index in [1.807, 2.05) is 24.4 Å². The van der Waals surface area contributed by atoms with E-state index in [0.29, 0.717) is 17.8 Å². The van der Waals surface area contributed by atoms with Crippen LogP contribution in [-0.2, 0) is 0 Å². The Morgan fingerprint density at radius 2 is 1.57 bits per heavy atom. The van der Waals surface area contributed by atoms with E-state index in [4.69, 9.17) is 15.7 Å². The van der Waals surface area contributed by atoms with E-state index in [1.165, 1.54) is 32.4 Å². The van der Waals surface area contributed by atoms with Crippen LogP contribution in [0, 0.1) is 0 Å². The average molecular weight is 535 g/mol. The lowest BCUT2D eigenvalue weighted by atomic mass is 9.78. The van der Waals surface area contributed by atoms with Crippen LogP contribution in [0.25, 0.3) is 38.9 Å². The summed E-state index contributed by atoms with van der Waals surface area (Å²) >= 11 is 0. The molecule has 0 aliphatic heterocycles. The molecule has 1 aliphatic rings. The molecule has 2 N–H and O–H groups in total. The van der Waals surface area contributed by atoms with Crippen molar-refractivity contribution in [2.24, 2.45) is 0 Å². The van der Waals surface area contributed by atoms with Gasteiger partial charge in [-0.3, -0.25) is 4.40 Å². The minimum absolute atomic E-state index is 0.424. The first kappa shape index (κ1) is 27.8. The highest BCUT2D eigenvalue weighted by atomic mass is 15.2. The first-order chi connectivity index (χ1) is 19.6. The van der Waals surface area contributed by atoms with Crippen molar-refractivity contribution in [3.63, 3.8) is 0 Å². The van der Waals surface area contributed by atoms with Crippen LogP contribution in [0.4, 0.5) is 5.82 Å². The Morgan fingerprint density at radius 1 is 0.875 bits per heavy atom. The van der Waals surface area contributed by atoms with Gasteiger partial charge in [0, 0.05) is 40.9 Å². The molecule has 6 heteroatoms. The molecule has 5 aromatic rings. The number of benzene rings is 2. The van der Waals surface area contributed by atoms with Crippen molar-refractivity contribution >= 4 is 22.2 Å². The van der Waals surface area contributed by atoms with Gasteiger partial charge in [0.2, 0.25) is 0 Å². The van der Waals surface area contributed by atoms with Crippen LogP contribution in [0.2, 0.25) is 0 Å². The highest BCUT2D eigenvalue weighted by Crippen LogP contribution is 2.42. The number of nitrogen functional groups attached to an aromatic ring is 1. The van der Waals surface area contributed by atoms with Crippen LogP contribution in [0.5, 0.6) is 0 Å². The molecule has 40 heavy (non-hydrogen) atoms. The lowest BCUT2D eigenvalue weighted by molar-refractivity contribution is 0.105. The van der Waals surface area contributed by atoms with E-state index in [1.54, 1.807) is 6.20 Å². The minimum Gasteiger partial charge on any atom is -0.382 e. The molecule has 0 atom stereocenters. The van der Waals surface area contributed by atoms with Crippen molar-refractivity contribution in [3.05, 3.63) is 78.9 Å². The number of rotatable bonds is 8. The summed E-state index contributed by atoms with van der Waals surface area (Å²) in [5.74, 6) is 2.03. The highest BCUT2D eigenvalue weighted by molar-refractivity contribution is 5.91. The molecule has 0 saturated heterocycles. The number of imidazole rings is 1. The quantitative estimate of drug-likeness (QED) is 0.218. The van der Waals surface area contributed by atoms with Gasteiger partial charge in [-0.2, -0.15) is 0 Å². The summed E-state index contributed by atoms with van der Waals surface area (Å²) < 4.78 is 2.17. The SMILES string of the molecule is CCC.CCCN(CCC)C1CC(c2nc(-c3ccc4ccc(-c5ccccc5)nc4c3)c3c(N)nccn23)C1. The molecule has 3 aromatic heterocycles. The number of hydrogen-bond acceptors (Lipinski definition) is 5. The zero-order valence-electron chi connectivity index (χ0n) is 24.3. The van der Waals surface area contributed by atoms with E-state index in [9.17, 15) is 0 Å². The van der Waals surface area contributed by atoms with Crippen LogP contribution in [0.1, 0.15) is 71.5 Å². The number of nitrogens with two attached hydrogens (primary N) is 1. The molecule has 208 valence electrons. The fourth-order valence-corrected chi connectivity index (χ4v) is 5.76. The van der Waals surface area contributed by atoms with Gasteiger partial charge in [0.1, 0.15) is 22.9 Å². The van der Waals surface area contributed by atoms with Gasteiger partial charge >= 0.3 is 0 Å². The molecular weight excluding hydrogens is 492 g/mol. The smallest absolute Gasteiger partial charge is 0.150 e. The van der Waals surface area contributed by atoms with Gasteiger partial charge in [-0.05, 0) is 50.9 Å². The topological polar surface area (TPSA) is 72.3 Å². The predicted octanol–water partition coefficient (Wildman–Crippen LogP) is 7.98. The van der Waals surface area contributed by atoms with Crippen molar-refractivity contribution < 1.29 is 0 Å². The maximum atomic E-state index is 6.44. The van der Waals surface area contributed by atoms with Gasteiger partial charge in [-0.1, -0.05) is 82.6 Å². The molecule has 3 heterocycles. The Balaban J connectivity index is 0.00000103. The molecule has 6 nitrogen and oxygen atoms in total. The first-order valence-electron chi connectivity index (χ1n) is 14.9. The number of fused-ring (bicyclic) bond motifs is 2. The van der Waals surface area contributed by atoms with Gasteiger partial charge in [-0.25, -0.2) is 15.0 Å². The lowest BCUT2D eigenvalue weighted by Gasteiger charge is -2.42. The highest BCUT2D eigenvalue weighted by Gasteiger charge is 2.37. The van der Waals surface area contributed by atoms with Crippen LogP contribution in [-0.4, -0.2) is 43.4 Å². The molecule has 0 unspecified atom stereocenters. The summed E-state index contributed by atoms with van der Waals surface area (Å²) in [7, 11) is 0. The number of hydrogen-bond donors (Lipinski definition) is 1. The van der Waals surface area contributed by atoms with Crippen molar-refractivity contribution in [2.75, 3.05) is 18.8 Å². The van der Waals surface area contributed by atoms with Crippen LogP contribution >= 0.6 is 0 Å². The zero-order valence-corrected chi connectivity index (χ0v) is 24.3. The average Bonchev–Trinajstić information content (AvgIpc) is 3.33. The standard InChI is InChI=1S/C31H34N6.C3H8/c1-3-15-36(16-4-2)25-18-24(19-25)31-35-28(29-30(32)33-14-17-37(29)31)23-11-10-22-12-13-26(34-27(22)20-23)21-8-6-5-7-9-21;1-3-2/h5-14,17,20,24-25H,3-4,15-16,18-19H2,1-2H3,(H2,32,33);3H2,1-2H3. The lowest BCUT2D eigenvalue weighted by Crippen LogP contribution is -2.45. The number of pyridine rings is 1. The maximum Gasteiger partial charge on any atom is 0.150 e. The molecule has 6 rings (SSSR count). The molecule has 0 spiro atoms. The molecule has 0 radical (unpaired) electrons. The normalized spacial score (nSPS) is 16.6. The summed E-state index contributed by atoms with van der Waals surface area (Å²) in [5, 5.41) is 1.10. The Hall–Kier alpha value is -3.77. The van der Waals surface area contributed by atoms with Gasteiger partial charge in [0.15, 0.2) is 0 Å². The Labute approximate surface area is 238 Å². The largest absolute Gasteiger partial charge is 0.382 e. The molecule has 1 saturated carbocycles. The molecule has 0 bridgehead atoms. The van der Waals surface area contributed by atoms with Crippen molar-refractivity contribution in [2.45, 2.75) is 71.8 Å². The molecule has 1 aliphatic carbocycles. The van der Waals surface area contributed by atoms with Gasteiger partial charge in [-0.15, -0.1) is 0 Å². The van der Waals surface area contributed by atoms with E-state index in [0.717, 1.165) is 57.6 Å². The second-order valence-corrected chi connectivity index (χ2v) is 10.9. The third-order valence-electron chi connectivity index (χ3n) is 7.66. The Bertz CT molecular complexity index is 1550. The van der Waals surface area contributed by atoms with Crippen molar-refractivity contribution in [1.82, 2.24) is 24.3 Å². The minimum atomic E-state index is 0.424. The fourth-order valence-electron chi connectivity index (χ4n) is 5.76. The summed E-state index contributed by atoms with van der Waals surface area (Å²) in [6.07, 6.45) is 9.71. The second-order valence-electron chi connectivity index (χ2n) is 10.9. The fraction of sp³-hybridized carbons (Fsp3) is 0.382. The van der Waals surface area contributed by atoms with Crippen LogP contribution in [0.3, 0.4) is 0 Å². The zero-order chi connectivity index (χ0) is 28.1. The molecule has 0 amide bonds. The monoisotopic (exact) mass is 534 g/mol. The molecule has 1 fully saturated rings. The molecule has 2 aromatic carbocycles. The third-order valence-corrected chi connectivity index (χ3v) is 7.66. The second kappa shape index (κ2) is 12.6. The number of anilines is 1. The maximum absolute atomic E-state index is 6.44. The summed E-state index contributed by atoms with van der Waals surface area (Å²) in [6.45, 7) is 11.1. The number of aromatic nitrogens is 4. The van der Waals surface area contributed by atoms with Gasteiger partial charge in [0.05, 0.1) is 11.2 Å².